The van der Waals surface area contributed by atoms with Crippen molar-refractivity contribution < 1.29 is 0 Å². The molecule has 0 heterocycles. The number of nitriles is 2. The second kappa shape index (κ2) is 9.57. The van der Waals surface area contributed by atoms with E-state index >= 15 is 0 Å². The predicted molar refractivity (Wildman–Crippen MR) is 138 cm³/mol. The fraction of sp³-hybridized carbons (Fsp3) is 0.103. The quantitative estimate of drug-likeness (QED) is 0.318. The van der Waals surface area contributed by atoms with Crippen molar-refractivity contribution >= 4 is 31.0 Å². The fourth-order valence-electron chi connectivity index (χ4n) is 4.04. The van der Waals surface area contributed by atoms with Gasteiger partial charge in [0.05, 0.1) is 32.1 Å². The minimum Gasteiger partial charge on any atom is -0.310 e. The average molecular weight is 443 g/mol. The van der Waals surface area contributed by atoms with Crippen LogP contribution in [0.3, 0.4) is 0 Å². The smallest absolute Gasteiger partial charge is 0.0992 e. The molecule has 0 saturated heterocycles. The molecule has 0 aliphatic heterocycles. The van der Waals surface area contributed by atoms with Crippen LogP contribution in [0.25, 0.3) is 11.1 Å². The van der Waals surface area contributed by atoms with E-state index in [4.69, 9.17) is 0 Å². The molecule has 4 aromatic carbocycles. The number of aryl methyl sites for hydroxylation is 1. The third kappa shape index (κ3) is 4.57. The third-order valence-corrected chi connectivity index (χ3v) is 7.19. The molecule has 3 nitrogen and oxygen atoms in total. The maximum Gasteiger partial charge on any atom is 0.0992 e. The highest BCUT2D eigenvalue weighted by Gasteiger charge is 2.19. The van der Waals surface area contributed by atoms with Crippen molar-refractivity contribution in [1.29, 1.82) is 10.5 Å². The summed E-state index contributed by atoms with van der Waals surface area (Å²) in [5.74, 6) is 0. The summed E-state index contributed by atoms with van der Waals surface area (Å²) in [5, 5.41) is 20.0. The summed E-state index contributed by atoms with van der Waals surface area (Å²) in [4.78, 5) is 2.33. The van der Waals surface area contributed by atoms with Crippen LogP contribution in [-0.2, 0) is 0 Å². The maximum atomic E-state index is 9.33. The lowest BCUT2D eigenvalue weighted by Gasteiger charge is -2.30. The van der Waals surface area contributed by atoms with Gasteiger partial charge in [0, 0.05) is 17.1 Å². The number of anilines is 3. The molecule has 0 aliphatic rings. The molecule has 0 spiro atoms. The molecule has 4 aromatic rings. The first-order chi connectivity index (χ1) is 16.0. The van der Waals surface area contributed by atoms with Crippen molar-refractivity contribution in [2.45, 2.75) is 20.0 Å². The monoisotopic (exact) mass is 442 g/mol. The van der Waals surface area contributed by atoms with Crippen LogP contribution in [0.2, 0.25) is 13.1 Å². The second-order valence-corrected chi connectivity index (χ2v) is 10.7. The molecule has 1 radical (unpaired) electrons. The minimum atomic E-state index is -0.682. The largest absolute Gasteiger partial charge is 0.310 e. The molecule has 0 saturated carbocycles. The van der Waals surface area contributed by atoms with Gasteiger partial charge in [-0.2, -0.15) is 10.5 Å². The van der Waals surface area contributed by atoms with E-state index in [0.717, 1.165) is 22.5 Å². The molecular weight excluding hydrogens is 418 g/mol. The Morgan fingerprint density at radius 3 is 1.82 bits per heavy atom. The summed E-state index contributed by atoms with van der Waals surface area (Å²) >= 11 is 0. The number of benzene rings is 4. The Kier molecular flexibility index (Phi) is 6.40. The van der Waals surface area contributed by atoms with Gasteiger partial charge in [-0.3, -0.25) is 0 Å². The normalized spacial score (nSPS) is 10.5. The molecule has 0 N–H and O–H groups in total. The summed E-state index contributed by atoms with van der Waals surface area (Å²) in [7, 11) is -0.682. The number of para-hydroxylation sites is 2. The molecule has 0 amide bonds. The lowest BCUT2D eigenvalue weighted by Crippen LogP contribution is -2.29. The van der Waals surface area contributed by atoms with E-state index in [1.165, 1.54) is 16.4 Å². The van der Waals surface area contributed by atoms with E-state index in [9.17, 15) is 10.5 Å². The number of hydrogen-bond acceptors (Lipinski definition) is 3. The molecule has 0 unspecified atom stereocenters. The Morgan fingerprint density at radius 1 is 0.667 bits per heavy atom. The van der Waals surface area contributed by atoms with Crippen molar-refractivity contribution in [2.24, 2.45) is 0 Å². The van der Waals surface area contributed by atoms with Gasteiger partial charge in [0.25, 0.3) is 0 Å². The zero-order valence-corrected chi connectivity index (χ0v) is 20.0. The van der Waals surface area contributed by atoms with E-state index < -0.39 is 8.80 Å². The molecule has 33 heavy (non-hydrogen) atoms. The van der Waals surface area contributed by atoms with Gasteiger partial charge < -0.3 is 4.90 Å². The van der Waals surface area contributed by atoms with Crippen LogP contribution >= 0.6 is 0 Å². The van der Waals surface area contributed by atoms with Crippen molar-refractivity contribution in [3.05, 3.63) is 108 Å². The van der Waals surface area contributed by atoms with Gasteiger partial charge >= 0.3 is 0 Å². The van der Waals surface area contributed by atoms with Crippen LogP contribution < -0.4 is 10.1 Å². The van der Waals surface area contributed by atoms with Gasteiger partial charge in [0.15, 0.2) is 0 Å². The van der Waals surface area contributed by atoms with Crippen LogP contribution in [0.4, 0.5) is 17.1 Å². The van der Waals surface area contributed by atoms with Crippen LogP contribution in [0, 0.1) is 29.6 Å². The van der Waals surface area contributed by atoms with E-state index in [1.807, 2.05) is 12.1 Å². The highest BCUT2D eigenvalue weighted by molar-refractivity contribution is 6.72. The van der Waals surface area contributed by atoms with E-state index in [2.05, 4.69) is 110 Å². The molecule has 0 atom stereocenters. The third-order valence-electron chi connectivity index (χ3n) is 5.69. The van der Waals surface area contributed by atoms with E-state index in [1.54, 1.807) is 6.07 Å². The zero-order valence-electron chi connectivity index (χ0n) is 19.0. The highest BCUT2D eigenvalue weighted by atomic mass is 28.3. The van der Waals surface area contributed by atoms with Gasteiger partial charge in [0.2, 0.25) is 0 Å². The standard InChI is InChI=1S/C29H24N3Si/c1-21-8-4-5-9-27(21)32(28-10-6-7-11-29(28)33(2)3)26-14-12-24(13-15-26)25-17-22(19-30)16-23(18-25)20-31/h4-18H,1-3H3. The van der Waals surface area contributed by atoms with Crippen LogP contribution in [0.1, 0.15) is 16.7 Å². The highest BCUT2D eigenvalue weighted by Crippen LogP contribution is 2.36. The van der Waals surface area contributed by atoms with Crippen molar-refractivity contribution in [1.82, 2.24) is 0 Å². The van der Waals surface area contributed by atoms with Gasteiger partial charge in [-0.1, -0.05) is 61.6 Å². The number of nitrogens with zero attached hydrogens (tertiary/aromatic N) is 3. The summed E-state index contributed by atoms with van der Waals surface area (Å²) < 4.78 is 0. The molecule has 0 aromatic heterocycles. The molecule has 159 valence electrons. The molecule has 0 fully saturated rings. The van der Waals surface area contributed by atoms with Crippen molar-refractivity contribution in [3.8, 4) is 23.3 Å². The summed E-state index contributed by atoms with van der Waals surface area (Å²) in [6.07, 6.45) is 0. The van der Waals surface area contributed by atoms with E-state index in [0.29, 0.717) is 11.1 Å². The maximum absolute atomic E-state index is 9.33. The Balaban J connectivity index is 1.85. The summed E-state index contributed by atoms with van der Waals surface area (Å²) in [6.45, 7) is 6.77. The first kappa shape index (κ1) is 22.1. The minimum absolute atomic E-state index is 0.490. The van der Waals surface area contributed by atoms with Gasteiger partial charge in [-0.05, 0) is 71.3 Å². The predicted octanol–water partition coefficient (Wildman–Crippen LogP) is 6.84. The molecule has 0 aliphatic carbocycles. The Labute approximate surface area is 197 Å². The zero-order chi connectivity index (χ0) is 23.4. The van der Waals surface area contributed by atoms with Crippen LogP contribution in [-0.4, -0.2) is 8.80 Å². The Morgan fingerprint density at radius 2 is 1.24 bits per heavy atom. The molecular formula is C29H24N3Si. The average Bonchev–Trinajstić information content (AvgIpc) is 2.85. The van der Waals surface area contributed by atoms with Crippen LogP contribution in [0.15, 0.2) is 91.0 Å². The fourth-order valence-corrected chi connectivity index (χ4v) is 5.18. The first-order valence-electron chi connectivity index (χ1n) is 10.8. The number of hydrogen-bond donors (Lipinski definition) is 0. The molecule has 4 heteroatoms. The molecule has 0 bridgehead atoms. The Hall–Kier alpha value is -4.12. The second-order valence-electron chi connectivity index (χ2n) is 8.21. The SMILES string of the molecule is Cc1ccccc1N(c1ccc(-c2cc(C#N)cc(C#N)c2)cc1)c1ccccc1[Si](C)C. The number of rotatable bonds is 5. The van der Waals surface area contributed by atoms with Gasteiger partial charge in [-0.25, -0.2) is 0 Å². The van der Waals surface area contributed by atoms with Crippen LogP contribution in [0.5, 0.6) is 0 Å². The topological polar surface area (TPSA) is 50.8 Å². The summed E-state index contributed by atoms with van der Waals surface area (Å²) in [6, 6.07) is 35.0. The summed E-state index contributed by atoms with van der Waals surface area (Å²) in [5.41, 5.74) is 7.45. The van der Waals surface area contributed by atoms with Gasteiger partial charge in [-0.15, -0.1) is 0 Å². The van der Waals surface area contributed by atoms with Crippen molar-refractivity contribution in [3.63, 3.8) is 0 Å². The molecule has 4 rings (SSSR count). The van der Waals surface area contributed by atoms with Gasteiger partial charge in [0.1, 0.15) is 0 Å². The lowest BCUT2D eigenvalue weighted by atomic mass is 10.00. The first-order valence-corrected chi connectivity index (χ1v) is 13.3. The lowest BCUT2D eigenvalue weighted by molar-refractivity contribution is 1.26. The Bertz CT molecular complexity index is 1340. The van der Waals surface area contributed by atoms with Crippen molar-refractivity contribution in [2.75, 3.05) is 4.90 Å². The van der Waals surface area contributed by atoms with E-state index in [-0.39, 0.29) is 0 Å².